The number of rotatable bonds is 9. The summed E-state index contributed by atoms with van der Waals surface area (Å²) in [5.74, 6) is -0.969. The van der Waals surface area contributed by atoms with Gasteiger partial charge >= 0.3 is 5.97 Å². The van der Waals surface area contributed by atoms with E-state index in [-0.39, 0.29) is 12.3 Å². The van der Waals surface area contributed by atoms with Crippen molar-refractivity contribution in [2.75, 3.05) is 26.2 Å². The maximum Gasteiger partial charge on any atom is 0.305 e. The maximum absolute atomic E-state index is 12.9. The quantitative estimate of drug-likeness (QED) is 0.727. The van der Waals surface area contributed by atoms with E-state index < -0.39 is 12.0 Å². The summed E-state index contributed by atoms with van der Waals surface area (Å²) in [7, 11) is 0. The molecule has 2 aromatic rings. The highest BCUT2D eigenvalue weighted by molar-refractivity contribution is 5.86. The number of carbonyl (C=O) groups excluding carboxylic acids is 1. The van der Waals surface area contributed by atoms with Gasteiger partial charge < -0.3 is 10.0 Å². The number of aliphatic carboxylic acids is 1. The highest BCUT2D eigenvalue weighted by Gasteiger charge is 2.35. The normalized spacial score (nSPS) is 17.6. The molecule has 0 bridgehead atoms. The number of aryl methyl sites for hydroxylation is 1. The van der Waals surface area contributed by atoms with Gasteiger partial charge in [0, 0.05) is 26.2 Å². The zero-order valence-corrected chi connectivity index (χ0v) is 16.2. The smallest absolute Gasteiger partial charge is 0.305 e. The standard InChI is InChI=1S/C23H28N2O3/c26-22(27)18-21-23(28)25(14-7-12-19-8-3-1-4-9-19)17-16-24(21)15-13-20-10-5-2-6-11-20/h1-6,8-11,21H,7,12-18H2,(H,26,27). The van der Waals surface area contributed by atoms with E-state index in [1.165, 1.54) is 11.1 Å². The number of carboxylic acid groups (broad SMARTS) is 1. The summed E-state index contributed by atoms with van der Waals surface area (Å²) >= 11 is 0. The van der Waals surface area contributed by atoms with Crippen molar-refractivity contribution in [1.82, 2.24) is 9.80 Å². The minimum Gasteiger partial charge on any atom is -0.481 e. The molecule has 1 N–H and O–H groups in total. The van der Waals surface area contributed by atoms with Crippen molar-refractivity contribution in [1.29, 1.82) is 0 Å². The van der Waals surface area contributed by atoms with E-state index in [0.29, 0.717) is 19.6 Å². The number of hydrogen-bond acceptors (Lipinski definition) is 3. The Balaban J connectivity index is 1.56. The van der Waals surface area contributed by atoms with Crippen molar-refractivity contribution >= 4 is 11.9 Å². The monoisotopic (exact) mass is 380 g/mol. The lowest BCUT2D eigenvalue weighted by molar-refractivity contribution is -0.149. The second-order valence-electron chi connectivity index (χ2n) is 7.30. The molecule has 1 atom stereocenters. The Hall–Kier alpha value is -2.66. The molecule has 0 aromatic heterocycles. The molecule has 5 nitrogen and oxygen atoms in total. The molecular weight excluding hydrogens is 352 g/mol. The van der Waals surface area contributed by atoms with Crippen molar-refractivity contribution in [2.24, 2.45) is 0 Å². The van der Waals surface area contributed by atoms with Crippen LogP contribution in [0, 0.1) is 0 Å². The third-order valence-corrected chi connectivity index (χ3v) is 5.33. The van der Waals surface area contributed by atoms with E-state index in [1.54, 1.807) is 0 Å². The van der Waals surface area contributed by atoms with Crippen molar-refractivity contribution in [2.45, 2.75) is 31.7 Å². The van der Waals surface area contributed by atoms with Crippen LogP contribution in [0.1, 0.15) is 24.0 Å². The molecule has 1 heterocycles. The molecule has 0 spiro atoms. The van der Waals surface area contributed by atoms with Gasteiger partial charge in [-0.3, -0.25) is 14.5 Å². The molecule has 1 aliphatic heterocycles. The average Bonchev–Trinajstić information content (AvgIpc) is 2.71. The fourth-order valence-electron chi connectivity index (χ4n) is 3.79. The SMILES string of the molecule is O=C(O)CC1C(=O)N(CCCc2ccccc2)CCN1CCc1ccccc1. The molecule has 2 aromatic carbocycles. The van der Waals surface area contributed by atoms with Crippen molar-refractivity contribution in [3.8, 4) is 0 Å². The predicted molar refractivity (Wildman–Crippen MR) is 109 cm³/mol. The van der Waals surface area contributed by atoms with E-state index in [9.17, 15) is 14.7 Å². The van der Waals surface area contributed by atoms with E-state index in [1.807, 2.05) is 46.2 Å². The van der Waals surface area contributed by atoms with Crippen LogP contribution in [0.4, 0.5) is 0 Å². The van der Waals surface area contributed by atoms with E-state index >= 15 is 0 Å². The molecule has 1 amide bonds. The van der Waals surface area contributed by atoms with Gasteiger partial charge in [0.2, 0.25) is 5.91 Å². The van der Waals surface area contributed by atoms with Crippen LogP contribution in [0.15, 0.2) is 60.7 Å². The zero-order valence-electron chi connectivity index (χ0n) is 16.2. The summed E-state index contributed by atoms with van der Waals surface area (Å²) in [4.78, 5) is 28.2. The second kappa shape index (κ2) is 10.0. The maximum atomic E-state index is 12.9. The lowest BCUT2D eigenvalue weighted by atomic mass is 10.0. The number of benzene rings is 2. The van der Waals surface area contributed by atoms with Crippen LogP contribution in [0.25, 0.3) is 0 Å². The zero-order chi connectivity index (χ0) is 19.8. The van der Waals surface area contributed by atoms with Crippen LogP contribution in [-0.4, -0.2) is 59.0 Å². The Kier molecular flexibility index (Phi) is 7.20. The first kappa shape index (κ1) is 20.1. The summed E-state index contributed by atoms with van der Waals surface area (Å²) in [6.07, 6.45) is 2.49. The lowest BCUT2D eigenvalue weighted by Gasteiger charge is -2.40. The first-order valence-corrected chi connectivity index (χ1v) is 9.96. The summed E-state index contributed by atoms with van der Waals surface area (Å²) in [6, 6.07) is 19.8. The van der Waals surface area contributed by atoms with Gasteiger partial charge in [-0.1, -0.05) is 60.7 Å². The van der Waals surface area contributed by atoms with E-state index in [2.05, 4.69) is 24.3 Å². The molecule has 1 aliphatic rings. The molecule has 28 heavy (non-hydrogen) atoms. The van der Waals surface area contributed by atoms with Gasteiger partial charge in [-0.25, -0.2) is 0 Å². The number of nitrogens with zero attached hydrogens (tertiary/aromatic N) is 2. The topological polar surface area (TPSA) is 60.9 Å². The van der Waals surface area contributed by atoms with E-state index in [4.69, 9.17) is 0 Å². The van der Waals surface area contributed by atoms with Crippen LogP contribution < -0.4 is 0 Å². The lowest BCUT2D eigenvalue weighted by Crippen LogP contribution is -2.58. The van der Waals surface area contributed by atoms with Crippen LogP contribution in [-0.2, 0) is 22.4 Å². The van der Waals surface area contributed by atoms with Crippen LogP contribution in [0.3, 0.4) is 0 Å². The van der Waals surface area contributed by atoms with Gasteiger partial charge in [-0.15, -0.1) is 0 Å². The van der Waals surface area contributed by atoms with Crippen LogP contribution >= 0.6 is 0 Å². The summed E-state index contributed by atoms with van der Waals surface area (Å²) in [5, 5.41) is 9.30. The van der Waals surface area contributed by atoms with Crippen molar-refractivity contribution < 1.29 is 14.7 Å². The van der Waals surface area contributed by atoms with Crippen molar-refractivity contribution in [3.05, 3.63) is 71.8 Å². The van der Waals surface area contributed by atoms with E-state index in [0.717, 1.165) is 25.8 Å². The molecule has 3 rings (SSSR count). The summed E-state index contributed by atoms with van der Waals surface area (Å²) in [6.45, 7) is 2.77. The number of carboxylic acids is 1. The number of carbonyl (C=O) groups is 2. The van der Waals surface area contributed by atoms with Gasteiger partial charge in [0.05, 0.1) is 12.5 Å². The largest absolute Gasteiger partial charge is 0.481 e. The first-order valence-electron chi connectivity index (χ1n) is 9.96. The fraction of sp³-hybridized carbons (Fsp3) is 0.391. The average molecular weight is 380 g/mol. The third kappa shape index (κ3) is 5.67. The summed E-state index contributed by atoms with van der Waals surface area (Å²) < 4.78 is 0. The highest BCUT2D eigenvalue weighted by atomic mass is 16.4. The van der Waals surface area contributed by atoms with Gasteiger partial charge in [0.25, 0.3) is 0 Å². The number of piperazine rings is 1. The summed E-state index contributed by atoms with van der Waals surface area (Å²) in [5.41, 5.74) is 2.47. The predicted octanol–water partition coefficient (Wildman–Crippen LogP) is 2.85. The molecule has 148 valence electrons. The molecular formula is C23H28N2O3. The first-order chi connectivity index (χ1) is 13.6. The van der Waals surface area contributed by atoms with Crippen LogP contribution in [0.2, 0.25) is 0 Å². The van der Waals surface area contributed by atoms with Gasteiger partial charge in [-0.05, 0) is 30.4 Å². The van der Waals surface area contributed by atoms with Crippen LogP contribution in [0.5, 0.6) is 0 Å². The molecule has 1 unspecified atom stereocenters. The minimum absolute atomic E-state index is 0.0465. The Morgan fingerprint density at radius 3 is 2.11 bits per heavy atom. The van der Waals surface area contributed by atoms with Crippen molar-refractivity contribution in [3.63, 3.8) is 0 Å². The minimum atomic E-state index is -0.922. The molecule has 1 fully saturated rings. The number of amides is 1. The van der Waals surface area contributed by atoms with Gasteiger partial charge in [-0.2, -0.15) is 0 Å². The van der Waals surface area contributed by atoms with Gasteiger partial charge in [0.15, 0.2) is 0 Å². The Bertz CT molecular complexity index is 764. The Morgan fingerprint density at radius 1 is 0.893 bits per heavy atom. The third-order valence-electron chi connectivity index (χ3n) is 5.33. The molecule has 0 aliphatic carbocycles. The Morgan fingerprint density at radius 2 is 1.50 bits per heavy atom. The molecule has 1 saturated heterocycles. The molecule has 0 saturated carbocycles. The number of hydrogen-bond donors (Lipinski definition) is 1. The second-order valence-corrected chi connectivity index (χ2v) is 7.30. The molecule has 0 radical (unpaired) electrons. The van der Waals surface area contributed by atoms with Gasteiger partial charge in [0.1, 0.15) is 0 Å². The fourth-order valence-corrected chi connectivity index (χ4v) is 3.79. The molecule has 5 heteroatoms. The Labute approximate surface area is 166 Å². The highest BCUT2D eigenvalue weighted by Crippen LogP contribution is 2.17.